The van der Waals surface area contributed by atoms with Crippen molar-refractivity contribution in [1.82, 2.24) is 5.01 Å². The molecule has 7 nitrogen and oxygen atoms in total. The van der Waals surface area contributed by atoms with Gasteiger partial charge in [0.25, 0.3) is 0 Å². The lowest BCUT2D eigenvalue weighted by molar-refractivity contribution is -0.744. The number of nitro groups is 2. The van der Waals surface area contributed by atoms with E-state index in [4.69, 9.17) is 0 Å². The molecule has 90 valence electrons. The zero-order chi connectivity index (χ0) is 12.5. The van der Waals surface area contributed by atoms with Crippen LogP contribution in [0.2, 0.25) is 0 Å². The third-order valence-electron chi connectivity index (χ3n) is 2.55. The average molecular weight is 255 g/mol. The van der Waals surface area contributed by atoms with Crippen molar-refractivity contribution >= 4 is 11.8 Å². The van der Waals surface area contributed by atoms with Gasteiger partial charge in [-0.3, -0.25) is 10.1 Å². The zero-order valence-electron chi connectivity index (χ0n) is 8.68. The monoisotopic (exact) mass is 255 g/mol. The van der Waals surface area contributed by atoms with Crippen LogP contribution in [0, 0.1) is 20.2 Å². The van der Waals surface area contributed by atoms with Crippen LogP contribution in [0.5, 0.6) is 0 Å². The Morgan fingerprint density at radius 2 is 1.88 bits per heavy atom. The molecule has 1 atom stereocenters. The number of nitrogens with zero attached hydrogens (tertiary/aromatic N) is 3. The third-order valence-corrected chi connectivity index (χ3v) is 3.94. The minimum Gasteiger partial charge on any atom is -0.261 e. The van der Waals surface area contributed by atoms with E-state index in [-0.39, 0.29) is 6.54 Å². The van der Waals surface area contributed by atoms with Crippen molar-refractivity contribution in [2.75, 3.05) is 12.3 Å². The van der Waals surface area contributed by atoms with Gasteiger partial charge in [0.1, 0.15) is 0 Å². The summed E-state index contributed by atoms with van der Waals surface area (Å²) < 4.78 is 0. The van der Waals surface area contributed by atoms with Crippen molar-refractivity contribution in [2.45, 2.75) is 4.99 Å². The summed E-state index contributed by atoms with van der Waals surface area (Å²) in [5, 5.41) is 22.2. The van der Waals surface area contributed by atoms with Crippen LogP contribution < -0.4 is 0 Å². The number of rotatable bonds is 3. The SMILES string of the molecule is O=[N+]([O-])N1CCSC1(c1ccccc1)[N+](=O)[O-]. The van der Waals surface area contributed by atoms with E-state index < -0.39 is 15.0 Å². The summed E-state index contributed by atoms with van der Waals surface area (Å²) in [6, 6.07) is 8.07. The molecule has 1 aliphatic heterocycles. The Kier molecular flexibility index (Phi) is 2.88. The highest BCUT2D eigenvalue weighted by Gasteiger charge is 2.61. The van der Waals surface area contributed by atoms with Crippen molar-refractivity contribution < 1.29 is 9.96 Å². The zero-order valence-corrected chi connectivity index (χ0v) is 9.50. The van der Waals surface area contributed by atoms with E-state index in [2.05, 4.69) is 0 Å². The second-order valence-electron chi connectivity index (χ2n) is 3.44. The fourth-order valence-corrected chi connectivity index (χ4v) is 3.10. The maximum Gasteiger partial charge on any atom is 0.418 e. The van der Waals surface area contributed by atoms with Gasteiger partial charge in [-0.1, -0.05) is 18.2 Å². The topological polar surface area (TPSA) is 89.5 Å². The molecule has 8 heteroatoms. The van der Waals surface area contributed by atoms with Crippen molar-refractivity contribution in [3.63, 3.8) is 0 Å². The Morgan fingerprint density at radius 1 is 1.24 bits per heavy atom. The highest BCUT2D eigenvalue weighted by molar-refractivity contribution is 8.00. The molecule has 0 radical (unpaired) electrons. The van der Waals surface area contributed by atoms with E-state index >= 15 is 0 Å². The molecule has 1 heterocycles. The van der Waals surface area contributed by atoms with Gasteiger partial charge < -0.3 is 0 Å². The molecule has 0 N–H and O–H groups in total. The molecule has 1 saturated heterocycles. The summed E-state index contributed by atoms with van der Waals surface area (Å²) in [5.41, 5.74) is 0.323. The van der Waals surface area contributed by atoms with Crippen LogP contribution in [0.1, 0.15) is 5.56 Å². The van der Waals surface area contributed by atoms with Gasteiger partial charge in [0.15, 0.2) is 5.03 Å². The molecule has 1 unspecified atom stereocenters. The summed E-state index contributed by atoms with van der Waals surface area (Å²) >= 11 is 0.973. The first-order valence-corrected chi connectivity index (χ1v) is 5.83. The van der Waals surface area contributed by atoms with Crippen LogP contribution in [0.3, 0.4) is 0 Å². The van der Waals surface area contributed by atoms with Crippen LogP contribution in [0.4, 0.5) is 0 Å². The highest BCUT2D eigenvalue weighted by atomic mass is 32.2. The van der Waals surface area contributed by atoms with Gasteiger partial charge in [-0.05, 0) is 28.9 Å². The van der Waals surface area contributed by atoms with Gasteiger partial charge in [-0.25, -0.2) is 10.1 Å². The Balaban J connectivity index is 2.54. The second-order valence-corrected chi connectivity index (χ2v) is 4.71. The summed E-state index contributed by atoms with van der Waals surface area (Å²) in [5.74, 6) is 0.358. The van der Waals surface area contributed by atoms with Crippen LogP contribution in [-0.4, -0.2) is 27.3 Å². The molecule has 1 aliphatic rings. The third kappa shape index (κ3) is 1.70. The van der Waals surface area contributed by atoms with E-state index in [1.807, 2.05) is 0 Å². The molecule has 1 fully saturated rings. The molecule has 0 amide bonds. The number of thioether (sulfide) groups is 1. The average Bonchev–Trinajstić information content (AvgIpc) is 2.75. The highest BCUT2D eigenvalue weighted by Crippen LogP contribution is 2.44. The minimum absolute atomic E-state index is 0.0630. The first-order chi connectivity index (χ1) is 8.09. The van der Waals surface area contributed by atoms with E-state index in [0.29, 0.717) is 16.3 Å². The van der Waals surface area contributed by atoms with Gasteiger partial charge in [0.2, 0.25) is 0 Å². The van der Waals surface area contributed by atoms with Crippen LogP contribution in [-0.2, 0) is 4.99 Å². The molecular formula is C9H9N3O4S. The molecule has 2 rings (SSSR count). The summed E-state index contributed by atoms with van der Waals surface area (Å²) in [7, 11) is 0. The number of benzene rings is 1. The van der Waals surface area contributed by atoms with Crippen molar-refractivity contribution in [3.8, 4) is 0 Å². The first-order valence-electron chi connectivity index (χ1n) is 4.85. The molecule has 1 aromatic rings. The molecule has 1 aromatic carbocycles. The maximum atomic E-state index is 11.3. The molecule has 0 bridgehead atoms. The number of hydrazine groups is 1. The molecule has 0 aromatic heterocycles. The molecular weight excluding hydrogens is 246 g/mol. The van der Waals surface area contributed by atoms with Gasteiger partial charge in [0, 0.05) is 5.75 Å². The van der Waals surface area contributed by atoms with Gasteiger partial charge >= 0.3 is 4.99 Å². The lowest BCUT2D eigenvalue weighted by atomic mass is 10.1. The predicted octanol–water partition coefficient (Wildman–Crippen LogP) is 1.31. The van der Waals surface area contributed by atoms with E-state index in [1.54, 1.807) is 18.2 Å². The Bertz CT molecular complexity index is 455. The fourth-order valence-electron chi connectivity index (χ4n) is 1.83. The van der Waals surface area contributed by atoms with Crippen LogP contribution in [0.25, 0.3) is 0 Å². The van der Waals surface area contributed by atoms with Gasteiger partial charge in [-0.15, -0.1) is 0 Å². The fraction of sp³-hybridized carbons (Fsp3) is 0.333. The van der Waals surface area contributed by atoms with Gasteiger partial charge in [0.05, 0.1) is 17.0 Å². The van der Waals surface area contributed by atoms with Crippen LogP contribution in [0.15, 0.2) is 30.3 Å². The van der Waals surface area contributed by atoms with Gasteiger partial charge in [-0.2, -0.15) is 0 Å². The normalized spacial score (nSPS) is 23.6. The largest absolute Gasteiger partial charge is 0.418 e. The van der Waals surface area contributed by atoms with Crippen molar-refractivity contribution in [1.29, 1.82) is 0 Å². The summed E-state index contributed by atoms with van der Waals surface area (Å²) in [6.45, 7) is 0.0630. The number of hydrogen-bond donors (Lipinski definition) is 0. The molecule has 0 aliphatic carbocycles. The second kappa shape index (κ2) is 4.21. The Labute approximate surface area is 101 Å². The van der Waals surface area contributed by atoms with Crippen LogP contribution >= 0.6 is 11.8 Å². The lowest BCUT2D eigenvalue weighted by Gasteiger charge is -2.22. The smallest absolute Gasteiger partial charge is 0.261 e. The van der Waals surface area contributed by atoms with E-state index in [1.165, 1.54) is 12.1 Å². The summed E-state index contributed by atoms with van der Waals surface area (Å²) in [6.07, 6.45) is 0. The molecule has 0 saturated carbocycles. The predicted molar refractivity (Wildman–Crippen MR) is 61.3 cm³/mol. The molecule has 17 heavy (non-hydrogen) atoms. The first kappa shape index (κ1) is 11.6. The van der Waals surface area contributed by atoms with E-state index in [0.717, 1.165) is 11.8 Å². The Hall–Kier alpha value is -1.83. The standard InChI is InChI=1S/C9H9N3O4S/c13-11(14)9(8-4-2-1-3-5-8)10(12(15)16)6-7-17-9/h1-5H,6-7H2. The van der Waals surface area contributed by atoms with E-state index in [9.17, 15) is 20.2 Å². The maximum absolute atomic E-state index is 11.3. The van der Waals surface area contributed by atoms with Crippen molar-refractivity contribution in [2.24, 2.45) is 0 Å². The Morgan fingerprint density at radius 3 is 2.41 bits per heavy atom. The molecule has 0 spiro atoms. The minimum atomic E-state index is -1.80. The summed E-state index contributed by atoms with van der Waals surface area (Å²) in [4.78, 5) is 19.8. The lowest BCUT2D eigenvalue weighted by Crippen LogP contribution is -2.48. The number of hydrogen-bond acceptors (Lipinski definition) is 5. The quantitative estimate of drug-likeness (QED) is 0.597. The van der Waals surface area contributed by atoms with Crippen molar-refractivity contribution in [3.05, 3.63) is 56.1 Å².